The lowest BCUT2D eigenvalue weighted by Gasteiger charge is -2.10. The van der Waals surface area contributed by atoms with Crippen molar-refractivity contribution in [3.63, 3.8) is 0 Å². The average Bonchev–Trinajstić information content (AvgIpc) is 2.53. The predicted octanol–water partition coefficient (Wildman–Crippen LogP) is 3.76. The fraction of sp³-hybridized carbons (Fsp3) is 0.235. The Morgan fingerprint density at radius 3 is 2.27 bits per heavy atom. The number of carbonyl (C=O) groups is 1. The van der Waals surface area contributed by atoms with Crippen molar-refractivity contribution >= 4 is 27.2 Å². The summed E-state index contributed by atoms with van der Waals surface area (Å²) in [5, 5.41) is 2.79. The molecule has 0 aliphatic rings. The third-order valence-electron chi connectivity index (χ3n) is 3.38. The molecule has 2 N–H and O–H groups in total. The van der Waals surface area contributed by atoms with Crippen molar-refractivity contribution < 1.29 is 26.4 Å². The highest BCUT2D eigenvalue weighted by Crippen LogP contribution is 2.30. The maximum atomic E-state index is 12.7. The number of rotatable bonds is 7. The van der Waals surface area contributed by atoms with E-state index in [0.29, 0.717) is 11.3 Å². The number of ketones is 1. The Labute approximate surface area is 149 Å². The number of sulfonamides is 1. The molecule has 0 radical (unpaired) electrons. The molecule has 0 amide bonds. The van der Waals surface area contributed by atoms with Crippen LogP contribution in [0.4, 0.5) is 24.5 Å². The van der Waals surface area contributed by atoms with E-state index in [4.69, 9.17) is 0 Å². The standard InChI is InChI=1S/C17H17F3N2O3S/c1-26(24,25)22-14-7-5-12(6-8-14)16(23)9-10-21-15-4-2-3-13(11-15)17(18,19)20/h2-8,11,21-22H,9-10H2,1H3. The molecule has 5 nitrogen and oxygen atoms in total. The van der Waals surface area contributed by atoms with E-state index in [0.717, 1.165) is 18.4 Å². The van der Waals surface area contributed by atoms with Crippen LogP contribution in [-0.4, -0.2) is 27.0 Å². The third kappa shape index (κ3) is 6.07. The van der Waals surface area contributed by atoms with Gasteiger partial charge >= 0.3 is 6.18 Å². The Balaban J connectivity index is 1.91. The molecule has 2 rings (SSSR count). The lowest BCUT2D eigenvalue weighted by atomic mass is 10.1. The molecule has 2 aromatic carbocycles. The minimum atomic E-state index is -4.42. The smallest absolute Gasteiger partial charge is 0.385 e. The van der Waals surface area contributed by atoms with Gasteiger partial charge in [0.05, 0.1) is 11.8 Å². The molecule has 2 aromatic rings. The molecule has 0 spiro atoms. The van der Waals surface area contributed by atoms with Gasteiger partial charge in [-0.25, -0.2) is 8.42 Å². The largest absolute Gasteiger partial charge is 0.416 e. The number of anilines is 2. The van der Waals surface area contributed by atoms with Crippen LogP contribution in [0.5, 0.6) is 0 Å². The summed E-state index contributed by atoms with van der Waals surface area (Å²) in [6, 6.07) is 10.6. The van der Waals surface area contributed by atoms with E-state index >= 15 is 0 Å². The molecule has 0 saturated heterocycles. The van der Waals surface area contributed by atoms with E-state index in [-0.39, 0.29) is 24.4 Å². The monoisotopic (exact) mass is 386 g/mol. The number of hydrogen-bond donors (Lipinski definition) is 2. The van der Waals surface area contributed by atoms with Crippen LogP contribution in [-0.2, 0) is 16.2 Å². The highest BCUT2D eigenvalue weighted by molar-refractivity contribution is 7.92. The number of Topliss-reactive ketones (excluding diaryl/α,β-unsaturated/α-hetero) is 1. The molecule has 0 bridgehead atoms. The van der Waals surface area contributed by atoms with Crippen LogP contribution in [0.15, 0.2) is 48.5 Å². The van der Waals surface area contributed by atoms with Gasteiger partial charge in [-0.15, -0.1) is 0 Å². The lowest BCUT2D eigenvalue weighted by molar-refractivity contribution is -0.137. The van der Waals surface area contributed by atoms with Crippen LogP contribution in [0.2, 0.25) is 0 Å². The van der Waals surface area contributed by atoms with Crippen LogP contribution in [0.3, 0.4) is 0 Å². The van der Waals surface area contributed by atoms with Crippen molar-refractivity contribution in [2.75, 3.05) is 22.8 Å². The van der Waals surface area contributed by atoms with Crippen LogP contribution < -0.4 is 10.0 Å². The van der Waals surface area contributed by atoms with Gasteiger partial charge in [-0.1, -0.05) is 6.07 Å². The predicted molar refractivity (Wildman–Crippen MR) is 93.8 cm³/mol. The quantitative estimate of drug-likeness (QED) is 0.711. The Hall–Kier alpha value is -2.55. The molecule has 0 unspecified atom stereocenters. The van der Waals surface area contributed by atoms with Crippen molar-refractivity contribution in [2.45, 2.75) is 12.6 Å². The summed E-state index contributed by atoms with van der Waals surface area (Å²) in [6.07, 6.45) is -3.32. The van der Waals surface area contributed by atoms with Crippen molar-refractivity contribution in [3.8, 4) is 0 Å². The Morgan fingerprint density at radius 1 is 1.04 bits per heavy atom. The van der Waals surface area contributed by atoms with E-state index < -0.39 is 21.8 Å². The Bertz CT molecular complexity index is 879. The van der Waals surface area contributed by atoms with Crippen molar-refractivity contribution in [3.05, 3.63) is 59.7 Å². The number of benzene rings is 2. The van der Waals surface area contributed by atoms with Gasteiger partial charge in [0.15, 0.2) is 5.78 Å². The topological polar surface area (TPSA) is 75.3 Å². The van der Waals surface area contributed by atoms with Gasteiger partial charge in [0.2, 0.25) is 10.0 Å². The molecule has 9 heteroatoms. The first-order valence-corrected chi connectivity index (χ1v) is 9.46. The number of carbonyl (C=O) groups excluding carboxylic acids is 1. The third-order valence-corrected chi connectivity index (χ3v) is 3.99. The zero-order valence-corrected chi connectivity index (χ0v) is 14.6. The first kappa shape index (κ1) is 19.8. The summed E-state index contributed by atoms with van der Waals surface area (Å²) < 4.78 is 62.5. The maximum absolute atomic E-state index is 12.7. The molecule has 0 aliphatic carbocycles. The van der Waals surface area contributed by atoms with Gasteiger partial charge in [-0.05, 0) is 42.5 Å². The number of nitrogens with one attached hydrogen (secondary N) is 2. The lowest BCUT2D eigenvalue weighted by Crippen LogP contribution is -2.11. The summed E-state index contributed by atoms with van der Waals surface area (Å²) in [4.78, 5) is 12.1. The second-order valence-electron chi connectivity index (χ2n) is 5.63. The fourth-order valence-electron chi connectivity index (χ4n) is 2.21. The summed E-state index contributed by atoms with van der Waals surface area (Å²) in [6.45, 7) is 0.170. The molecule has 140 valence electrons. The molecule has 0 aliphatic heterocycles. The van der Waals surface area contributed by atoms with Crippen LogP contribution in [0.25, 0.3) is 0 Å². The van der Waals surface area contributed by atoms with E-state index in [1.807, 2.05) is 0 Å². The minimum absolute atomic E-state index is 0.0785. The van der Waals surface area contributed by atoms with Gasteiger partial charge in [0.1, 0.15) is 0 Å². The molecule has 0 heterocycles. The van der Waals surface area contributed by atoms with E-state index in [1.165, 1.54) is 36.4 Å². The fourth-order valence-corrected chi connectivity index (χ4v) is 2.77. The molecule has 26 heavy (non-hydrogen) atoms. The summed E-state index contributed by atoms with van der Waals surface area (Å²) >= 11 is 0. The Morgan fingerprint density at radius 2 is 1.69 bits per heavy atom. The summed E-state index contributed by atoms with van der Waals surface area (Å²) in [5.74, 6) is -0.213. The molecule has 0 aromatic heterocycles. The normalized spacial score (nSPS) is 11.8. The maximum Gasteiger partial charge on any atom is 0.416 e. The molecular formula is C17H17F3N2O3S. The molecule has 0 atom stereocenters. The van der Waals surface area contributed by atoms with Gasteiger partial charge < -0.3 is 5.32 Å². The number of halogens is 3. The Kier molecular flexibility index (Phi) is 5.91. The first-order valence-electron chi connectivity index (χ1n) is 7.57. The van der Waals surface area contributed by atoms with E-state index in [9.17, 15) is 26.4 Å². The summed E-state index contributed by atoms with van der Waals surface area (Å²) in [5.41, 5.74) is 0.240. The highest BCUT2D eigenvalue weighted by Gasteiger charge is 2.30. The van der Waals surface area contributed by atoms with Crippen LogP contribution >= 0.6 is 0 Å². The SMILES string of the molecule is CS(=O)(=O)Nc1ccc(C(=O)CCNc2cccc(C(F)(F)F)c2)cc1. The second kappa shape index (κ2) is 7.77. The number of alkyl halides is 3. The molecule has 0 saturated carbocycles. The minimum Gasteiger partial charge on any atom is -0.385 e. The van der Waals surface area contributed by atoms with Crippen molar-refractivity contribution in [2.24, 2.45) is 0 Å². The van der Waals surface area contributed by atoms with Crippen LogP contribution in [0.1, 0.15) is 22.3 Å². The van der Waals surface area contributed by atoms with Gasteiger partial charge in [0, 0.05) is 29.9 Å². The summed E-state index contributed by atoms with van der Waals surface area (Å²) in [7, 11) is -3.39. The van der Waals surface area contributed by atoms with Crippen molar-refractivity contribution in [1.82, 2.24) is 0 Å². The second-order valence-corrected chi connectivity index (χ2v) is 7.38. The van der Waals surface area contributed by atoms with Gasteiger partial charge in [-0.2, -0.15) is 13.2 Å². The molecular weight excluding hydrogens is 369 g/mol. The average molecular weight is 386 g/mol. The highest BCUT2D eigenvalue weighted by atomic mass is 32.2. The van der Waals surface area contributed by atoms with Crippen LogP contribution in [0, 0.1) is 0 Å². The zero-order valence-electron chi connectivity index (χ0n) is 13.8. The van der Waals surface area contributed by atoms with E-state index in [1.54, 1.807) is 0 Å². The van der Waals surface area contributed by atoms with Gasteiger partial charge in [0.25, 0.3) is 0 Å². The molecule has 0 fully saturated rings. The van der Waals surface area contributed by atoms with Crippen molar-refractivity contribution in [1.29, 1.82) is 0 Å². The van der Waals surface area contributed by atoms with E-state index in [2.05, 4.69) is 10.0 Å². The number of hydrogen-bond acceptors (Lipinski definition) is 4. The first-order chi connectivity index (χ1) is 12.0. The van der Waals surface area contributed by atoms with Gasteiger partial charge in [-0.3, -0.25) is 9.52 Å². The zero-order chi connectivity index (χ0) is 19.4.